The van der Waals surface area contributed by atoms with Crippen molar-refractivity contribution in [1.82, 2.24) is 10.6 Å². The van der Waals surface area contributed by atoms with E-state index in [1.165, 1.54) is 0 Å². The molecule has 3 unspecified atom stereocenters. The summed E-state index contributed by atoms with van der Waals surface area (Å²) in [5.74, 6) is -3.67. The third kappa shape index (κ3) is 9.65. The summed E-state index contributed by atoms with van der Waals surface area (Å²) < 4.78 is 0. The highest BCUT2D eigenvalue weighted by Crippen LogP contribution is 2.09. The van der Waals surface area contributed by atoms with Crippen LogP contribution in [0.5, 0.6) is 0 Å². The molecule has 0 aromatic heterocycles. The Morgan fingerprint density at radius 3 is 1.68 bits per heavy atom. The first-order valence-corrected chi connectivity index (χ1v) is 8.24. The molecule has 9 heteroatoms. The Bertz CT molecular complexity index is 492. The maximum atomic E-state index is 12.4. The molecular formula is C16H29N3O6. The smallest absolute Gasteiger partial charge is 0.326 e. The first-order valence-electron chi connectivity index (χ1n) is 8.24. The van der Waals surface area contributed by atoms with Gasteiger partial charge in [-0.15, -0.1) is 0 Å². The van der Waals surface area contributed by atoms with Crippen LogP contribution in [0.1, 0.15) is 47.0 Å². The molecule has 0 aliphatic carbocycles. The van der Waals surface area contributed by atoms with Crippen LogP contribution in [-0.4, -0.2) is 52.1 Å². The van der Waals surface area contributed by atoms with Crippen molar-refractivity contribution in [3.8, 4) is 0 Å². The van der Waals surface area contributed by atoms with Crippen LogP contribution >= 0.6 is 0 Å². The van der Waals surface area contributed by atoms with Crippen molar-refractivity contribution in [2.24, 2.45) is 17.6 Å². The Morgan fingerprint density at radius 2 is 1.28 bits per heavy atom. The number of carbonyl (C=O) groups excluding carboxylic acids is 2. The molecule has 9 nitrogen and oxygen atoms in total. The van der Waals surface area contributed by atoms with Crippen LogP contribution in [-0.2, 0) is 19.2 Å². The van der Waals surface area contributed by atoms with Gasteiger partial charge in [0.05, 0.1) is 12.5 Å². The number of nitrogens with two attached hydrogens (primary N) is 1. The molecule has 0 spiro atoms. The first-order chi connectivity index (χ1) is 11.4. The zero-order valence-electron chi connectivity index (χ0n) is 15.1. The fraction of sp³-hybridized carbons (Fsp3) is 0.750. The molecule has 2 amide bonds. The van der Waals surface area contributed by atoms with E-state index in [0.717, 1.165) is 0 Å². The first kappa shape index (κ1) is 22.8. The fourth-order valence-corrected chi connectivity index (χ4v) is 2.23. The lowest BCUT2D eigenvalue weighted by atomic mass is 10.00. The second-order valence-electron chi connectivity index (χ2n) is 6.92. The van der Waals surface area contributed by atoms with Crippen molar-refractivity contribution >= 4 is 23.8 Å². The number of hydrogen-bond donors (Lipinski definition) is 5. The summed E-state index contributed by atoms with van der Waals surface area (Å²) in [6.45, 7) is 7.35. The van der Waals surface area contributed by atoms with Gasteiger partial charge in [-0.25, -0.2) is 4.79 Å². The third-order valence-electron chi connectivity index (χ3n) is 3.39. The van der Waals surface area contributed by atoms with Crippen molar-refractivity contribution in [2.75, 3.05) is 0 Å². The quantitative estimate of drug-likeness (QED) is 0.345. The number of hydrogen-bond acceptors (Lipinski definition) is 5. The number of nitrogens with one attached hydrogen (secondary N) is 2. The standard InChI is InChI=1S/C16H29N3O6/c1-8(2)5-11(18-14(22)10(17)7-13(20)21)15(23)19-12(16(24)25)6-9(3)4/h8-12H,5-7,17H2,1-4H3,(H,18,22)(H,19,23)(H,20,21)(H,24,25). The molecule has 144 valence electrons. The van der Waals surface area contributed by atoms with Gasteiger partial charge in [-0.3, -0.25) is 14.4 Å². The maximum absolute atomic E-state index is 12.4. The summed E-state index contributed by atoms with van der Waals surface area (Å²) >= 11 is 0. The van der Waals surface area contributed by atoms with E-state index in [-0.39, 0.29) is 24.7 Å². The minimum absolute atomic E-state index is 0.0418. The summed E-state index contributed by atoms with van der Waals surface area (Å²) in [6, 6.07) is -3.33. The van der Waals surface area contributed by atoms with Crippen molar-refractivity contribution in [3.05, 3.63) is 0 Å². The Morgan fingerprint density at radius 1 is 0.840 bits per heavy atom. The van der Waals surface area contributed by atoms with Crippen LogP contribution < -0.4 is 16.4 Å². The number of carboxylic acids is 2. The lowest BCUT2D eigenvalue weighted by molar-refractivity contribution is -0.143. The number of amides is 2. The van der Waals surface area contributed by atoms with E-state index in [1.54, 1.807) is 0 Å². The highest BCUT2D eigenvalue weighted by atomic mass is 16.4. The van der Waals surface area contributed by atoms with Gasteiger partial charge in [0.15, 0.2) is 0 Å². The van der Waals surface area contributed by atoms with Gasteiger partial charge < -0.3 is 26.6 Å². The van der Waals surface area contributed by atoms with Crippen LogP contribution in [0, 0.1) is 11.8 Å². The molecule has 0 aliphatic rings. The largest absolute Gasteiger partial charge is 0.481 e. The molecule has 0 bridgehead atoms. The molecule has 0 aromatic rings. The average molecular weight is 359 g/mol. The van der Waals surface area contributed by atoms with E-state index < -0.39 is 48.3 Å². The Labute approximate surface area is 147 Å². The van der Waals surface area contributed by atoms with Gasteiger partial charge >= 0.3 is 11.9 Å². The van der Waals surface area contributed by atoms with Gasteiger partial charge in [0.2, 0.25) is 11.8 Å². The second kappa shape index (κ2) is 10.7. The second-order valence-corrected chi connectivity index (χ2v) is 6.92. The van der Waals surface area contributed by atoms with Crippen molar-refractivity contribution in [1.29, 1.82) is 0 Å². The van der Waals surface area contributed by atoms with E-state index in [1.807, 2.05) is 27.7 Å². The summed E-state index contributed by atoms with van der Waals surface area (Å²) in [4.78, 5) is 46.3. The summed E-state index contributed by atoms with van der Waals surface area (Å²) in [5.41, 5.74) is 5.49. The molecule has 0 heterocycles. The van der Waals surface area contributed by atoms with Crippen molar-refractivity contribution in [2.45, 2.75) is 65.1 Å². The van der Waals surface area contributed by atoms with Crippen LogP contribution in [0.3, 0.4) is 0 Å². The zero-order chi connectivity index (χ0) is 19.7. The predicted octanol–water partition coefficient (Wildman–Crippen LogP) is -0.0652. The summed E-state index contributed by atoms with van der Waals surface area (Å²) in [6.07, 6.45) is -0.0414. The van der Waals surface area contributed by atoms with E-state index in [0.29, 0.717) is 0 Å². The minimum atomic E-state index is -1.29. The van der Waals surface area contributed by atoms with Gasteiger partial charge in [0.25, 0.3) is 0 Å². The third-order valence-corrected chi connectivity index (χ3v) is 3.39. The predicted molar refractivity (Wildman–Crippen MR) is 90.6 cm³/mol. The van der Waals surface area contributed by atoms with Gasteiger partial charge in [-0.05, 0) is 24.7 Å². The molecule has 0 rings (SSSR count). The lowest BCUT2D eigenvalue weighted by Gasteiger charge is -2.24. The monoisotopic (exact) mass is 359 g/mol. The van der Waals surface area contributed by atoms with Gasteiger partial charge in [-0.1, -0.05) is 27.7 Å². The molecular weight excluding hydrogens is 330 g/mol. The summed E-state index contributed by atoms with van der Waals surface area (Å²) in [5, 5.41) is 22.7. The minimum Gasteiger partial charge on any atom is -0.481 e. The van der Waals surface area contributed by atoms with E-state index in [9.17, 15) is 24.3 Å². The van der Waals surface area contributed by atoms with Crippen LogP contribution in [0.4, 0.5) is 0 Å². The summed E-state index contributed by atoms with van der Waals surface area (Å²) in [7, 11) is 0. The molecule has 0 fully saturated rings. The Kier molecular flexibility index (Phi) is 9.73. The van der Waals surface area contributed by atoms with Crippen LogP contribution in [0.2, 0.25) is 0 Å². The number of carbonyl (C=O) groups is 4. The highest BCUT2D eigenvalue weighted by Gasteiger charge is 2.29. The normalized spacial score (nSPS) is 14.7. The van der Waals surface area contributed by atoms with Crippen LogP contribution in [0.25, 0.3) is 0 Å². The van der Waals surface area contributed by atoms with Gasteiger partial charge in [-0.2, -0.15) is 0 Å². The molecule has 3 atom stereocenters. The highest BCUT2D eigenvalue weighted by molar-refractivity contribution is 5.92. The average Bonchev–Trinajstić information content (AvgIpc) is 2.43. The van der Waals surface area contributed by atoms with Crippen LogP contribution in [0.15, 0.2) is 0 Å². The molecule has 6 N–H and O–H groups in total. The van der Waals surface area contributed by atoms with Crippen molar-refractivity contribution < 1.29 is 29.4 Å². The molecule has 0 radical (unpaired) electrons. The number of aliphatic carboxylic acids is 2. The number of carboxylic acid groups (broad SMARTS) is 2. The lowest BCUT2D eigenvalue weighted by Crippen LogP contribution is -2.55. The molecule has 0 aliphatic heterocycles. The zero-order valence-corrected chi connectivity index (χ0v) is 15.1. The van der Waals surface area contributed by atoms with Gasteiger partial charge in [0, 0.05) is 0 Å². The van der Waals surface area contributed by atoms with E-state index in [2.05, 4.69) is 10.6 Å². The molecule has 25 heavy (non-hydrogen) atoms. The van der Waals surface area contributed by atoms with Crippen molar-refractivity contribution in [3.63, 3.8) is 0 Å². The Balaban J connectivity index is 5.05. The molecule has 0 aromatic carbocycles. The molecule has 0 saturated heterocycles. The van der Waals surface area contributed by atoms with Gasteiger partial charge in [0.1, 0.15) is 12.1 Å². The topological polar surface area (TPSA) is 159 Å². The van der Waals surface area contributed by atoms with E-state index in [4.69, 9.17) is 10.8 Å². The SMILES string of the molecule is CC(C)CC(NC(=O)C(CC(C)C)NC(=O)C(N)CC(=O)O)C(=O)O. The number of rotatable bonds is 11. The maximum Gasteiger partial charge on any atom is 0.326 e. The molecule has 0 saturated carbocycles. The van der Waals surface area contributed by atoms with E-state index >= 15 is 0 Å². The Hall–Kier alpha value is -2.16. The fourth-order valence-electron chi connectivity index (χ4n) is 2.23.